The number of thioether (sulfide) groups is 1. The fourth-order valence-electron chi connectivity index (χ4n) is 2.53. The van der Waals surface area contributed by atoms with Crippen LogP contribution in [0.15, 0.2) is 30.3 Å². The minimum atomic E-state index is -0.715. The topological polar surface area (TPSA) is 73.2 Å². The number of halogens is 1. The molecule has 140 valence electrons. The number of aryl methyl sites for hydroxylation is 1. The minimum Gasteiger partial charge on any atom is -0.467 e. The Morgan fingerprint density at radius 3 is 2.65 bits per heavy atom. The van der Waals surface area contributed by atoms with Gasteiger partial charge in [-0.05, 0) is 30.9 Å². The molecule has 2 rings (SSSR count). The summed E-state index contributed by atoms with van der Waals surface area (Å²) in [6.45, 7) is 2.18. The van der Waals surface area contributed by atoms with Gasteiger partial charge in [0.15, 0.2) is 0 Å². The maximum atomic E-state index is 12.7. The Hall–Kier alpha value is -1.99. The highest BCUT2D eigenvalue weighted by Gasteiger charge is 2.26. The van der Waals surface area contributed by atoms with Crippen molar-refractivity contribution < 1.29 is 14.3 Å². The van der Waals surface area contributed by atoms with Gasteiger partial charge in [0.05, 0.1) is 24.9 Å². The van der Waals surface area contributed by atoms with E-state index in [9.17, 15) is 9.59 Å². The number of aromatic nitrogens is 2. The van der Waals surface area contributed by atoms with Crippen LogP contribution < -0.4 is 5.32 Å². The van der Waals surface area contributed by atoms with Crippen molar-refractivity contribution in [2.75, 3.05) is 19.1 Å². The zero-order valence-electron chi connectivity index (χ0n) is 15.0. The normalized spacial score (nSPS) is 11.8. The van der Waals surface area contributed by atoms with E-state index in [4.69, 9.17) is 16.3 Å². The van der Waals surface area contributed by atoms with Crippen molar-refractivity contribution in [3.8, 4) is 0 Å². The first kappa shape index (κ1) is 20.3. The van der Waals surface area contributed by atoms with Crippen molar-refractivity contribution in [3.05, 3.63) is 52.3 Å². The summed E-state index contributed by atoms with van der Waals surface area (Å²) in [7, 11) is 1.30. The molecule has 0 unspecified atom stereocenters. The first-order chi connectivity index (χ1) is 12.5. The van der Waals surface area contributed by atoms with E-state index in [1.165, 1.54) is 7.11 Å². The van der Waals surface area contributed by atoms with Gasteiger partial charge in [0, 0.05) is 0 Å². The van der Waals surface area contributed by atoms with Crippen LogP contribution in [0.25, 0.3) is 0 Å². The van der Waals surface area contributed by atoms with E-state index in [2.05, 4.69) is 10.4 Å². The van der Waals surface area contributed by atoms with Gasteiger partial charge < -0.3 is 10.1 Å². The standard InChI is InChI=1S/C18H22ClN3O3S/c1-12-15(17(23)20-14(9-10-26-3)18(24)25-2)16(19)22(21-12)11-13-7-5-4-6-8-13/h4-8,14H,9-11H2,1-3H3,(H,20,23)/t14-/m1/s1. The largest absolute Gasteiger partial charge is 0.467 e. The smallest absolute Gasteiger partial charge is 0.328 e. The maximum Gasteiger partial charge on any atom is 0.328 e. The highest BCUT2D eigenvalue weighted by Crippen LogP contribution is 2.21. The van der Waals surface area contributed by atoms with Crippen LogP contribution in [0.1, 0.15) is 28.0 Å². The van der Waals surface area contributed by atoms with Crippen LogP contribution in [0.3, 0.4) is 0 Å². The van der Waals surface area contributed by atoms with Gasteiger partial charge in [-0.15, -0.1) is 0 Å². The van der Waals surface area contributed by atoms with Crippen LogP contribution in [0.5, 0.6) is 0 Å². The highest BCUT2D eigenvalue weighted by molar-refractivity contribution is 7.98. The van der Waals surface area contributed by atoms with Crippen molar-refractivity contribution >= 4 is 35.2 Å². The number of amides is 1. The Labute approximate surface area is 162 Å². The van der Waals surface area contributed by atoms with Gasteiger partial charge in [-0.1, -0.05) is 41.9 Å². The van der Waals surface area contributed by atoms with Crippen LogP contribution in [-0.2, 0) is 16.1 Å². The first-order valence-corrected chi connectivity index (χ1v) is 9.89. The molecular formula is C18H22ClN3O3S. The third-order valence-electron chi connectivity index (χ3n) is 3.87. The second-order valence-electron chi connectivity index (χ2n) is 5.73. The summed E-state index contributed by atoms with van der Waals surface area (Å²) >= 11 is 7.99. The molecule has 0 saturated heterocycles. The number of nitrogens with zero attached hydrogens (tertiary/aromatic N) is 2. The molecule has 0 radical (unpaired) electrons. The monoisotopic (exact) mass is 395 g/mol. The van der Waals surface area contributed by atoms with Gasteiger partial charge in [0.25, 0.3) is 5.91 Å². The lowest BCUT2D eigenvalue weighted by atomic mass is 10.2. The number of carbonyl (C=O) groups is 2. The molecule has 8 heteroatoms. The molecule has 1 aromatic carbocycles. The van der Waals surface area contributed by atoms with Crippen molar-refractivity contribution in [3.63, 3.8) is 0 Å². The average molecular weight is 396 g/mol. The number of ether oxygens (including phenoxy) is 1. The fraction of sp³-hybridized carbons (Fsp3) is 0.389. The summed E-state index contributed by atoms with van der Waals surface area (Å²) in [5.41, 5.74) is 1.81. The van der Waals surface area contributed by atoms with E-state index < -0.39 is 17.9 Å². The molecule has 2 aromatic rings. The third-order valence-corrected chi connectivity index (χ3v) is 4.90. The van der Waals surface area contributed by atoms with Crippen LogP contribution >= 0.6 is 23.4 Å². The molecule has 0 fully saturated rings. The molecule has 0 bridgehead atoms. The van der Waals surface area contributed by atoms with Crippen molar-refractivity contribution in [2.45, 2.75) is 25.9 Å². The van der Waals surface area contributed by atoms with Crippen LogP contribution in [0.4, 0.5) is 0 Å². The highest BCUT2D eigenvalue weighted by atomic mass is 35.5. The van der Waals surface area contributed by atoms with E-state index in [-0.39, 0.29) is 10.7 Å². The zero-order chi connectivity index (χ0) is 19.1. The number of hydrogen-bond acceptors (Lipinski definition) is 5. The van der Waals surface area contributed by atoms with E-state index in [1.54, 1.807) is 23.4 Å². The lowest BCUT2D eigenvalue weighted by Crippen LogP contribution is -2.42. The molecule has 1 amide bonds. The van der Waals surface area contributed by atoms with Crippen LogP contribution in [-0.4, -0.2) is 46.8 Å². The van der Waals surface area contributed by atoms with Gasteiger partial charge >= 0.3 is 5.97 Å². The number of carbonyl (C=O) groups excluding carboxylic acids is 2. The van der Waals surface area contributed by atoms with E-state index >= 15 is 0 Å². The van der Waals surface area contributed by atoms with Gasteiger partial charge in [-0.2, -0.15) is 16.9 Å². The Bertz CT molecular complexity index is 765. The Morgan fingerprint density at radius 2 is 2.04 bits per heavy atom. The SMILES string of the molecule is COC(=O)[C@@H](CCSC)NC(=O)c1c(C)nn(Cc2ccccc2)c1Cl. The number of methoxy groups -OCH3 is 1. The number of esters is 1. The maximum absolute atomic E-state index is 12.7. The minimum absolute atomic E-state index is 0.248. The summed E-state index contributed by atoms with van der Waals surface area (Å²) in [5.74, 6) is -0.179. The van der Waals surface area contributed by atoms with Gasteiger partial charge in [-0.3, -0.25) is 4.79 Å². The summed E-state index contributed by atoms with van der Waals surface area (Å²) in [4.78, 5) is 24.6. The molecule has 0 aliphatic heterocycles. The molecule has 6 nitrogen and oxygen atoms in total. The van der Waals surface area contributed by atoms with E-state index in [0.717, 1.165) is 11.3 Å². The van der Waals surface area contributed by atoms with Gasteiger partial charge in [0.1, 0.15) is 11.2 Å². The van der Waals surface area contributed by atoms with Crippen molar-refractivity contribution in [1.82, 2.24) is 15.1 Å². The number of rotatable bonds is 8. The van der Waals surface area contributed by atoms with Crippen molar-refractivity contribution in [1.29, 1.82) is 0 Å². The lowest BCUT2D eigenvalue weighted by molar-refractivity contribution is -0.142. The molecule has 0 aliphatic carbocycles. The third kappa shape index (κ3) is 5.02. The molecule has 1 aromatic heterocycles. The first-order valence-electron chi connectivity index (χ1n) is 8.12. The summed E-state index contributed by atoms with van der Waals surface area (Å²) in [6.07, 6.45) is 2.42. The fourth-order valence-corrected chi connectivity index (χ4v) is 3.32. The summed E-state index contributed by atoms with van der Waals surface area (Å²) in [5, 5.41) is 7.33. The van der Waals surface area contributed by atoms with E-state index in [1.807, 2.05) is 36.6 Å². The summed E-state index contributed by atoms with van der Waals surface area (Å²) in [6, 6.07) is 9.00. The molecule has 1 atom stereocenters. The number of nitrogens with one attached hydrogen (secondary N) is 1. The molecule has 26 heavy (non-hydrogen) atoms. The molecular weight excluding hydrogens is 374 g/mol. The second-order valence-corrected chi connectivity index (χ2v) is 7.07. The number of benzene rings is 1. The molecule has 0 spiro atoms. The molecule has 0 aliphatic rings. The quantitative estimate of drug-likeness (QED) is 0.696. The predicted octanol–water partition coefficient (Wildman–Crippen LogP) is 2.92. The number of hydrogen-bond donors (Lipinski definition) is 1. The van der Waals surface area contributed by atoms with Crippen molar-refractivity contribution in [2.24, 2.45) is 0 Å². The lowest BCUT2D eigenvalue weighted by Gasteiger charge is -2.16. The molecule has 0 saturated carbocycles. The molecule has 1 heterocycles. The molecule has 1 N–H and O–H groups in total. The van der Waals surface area contributed by atoms with Crippen LogP contribution in [0.2, 0.25) is 5.15 Å². The predicted molar refractivity (Wildman–Crippen MR) is 104 cm³/mol. The Morgan fingerprint density at radius 1 is 1.35 bits per heavy atom. The van der Waals surface area contributed by atoms with E-state index in [0.29, 0.717) is 18.7 Å². The van der Waals surface area contributed by atoms with Gasteiger partial charge in [-0.25, -0.2) is 9.48 Å². The second kappa shape index (κ2) is 9.64. The average Bonchev–Trinajstić information content (AvgIpc) is 2.92. The van der Waals surface area contributed by atoms with Crippen LogP contribution in [0, 0.1) is 6.92 Å². The Balaban J connectivity index is 2.19. The van der Waals surface area contributed by atoms with Gasteiger partial charge in [0.2, 0.25) is 0 Å². The zero-order valence-corrected chi connectivity index (χ0v) is 16.6. The Kier molecular flexibility index (Phi) is 7.53. The summed E-state index contributed by atoms with van der Waals surface area (Å²) < 4.78 is 6.35.